The fourth-order valence-corrected chi connectivity index (χ4v) is 2.24. The predicted octanol–water partition coefficient (Wildman–Crippen LogP) is 1.63. The molecule has 1 aromatic rings. The van der Waals surface area contributed by atoms with Crippen molar-refractivity contribution in [2.75, 3.05) is 6.54 Å². The summed E-state index contributed by atoms with van der Waals surface area (Å²) < 4.78 is 0. The van der Waals surface area contributed by atoms with Gasteiger partial charge in [-0.15, -0.1) is 0 Å². The molecule has 1 heterocycles. The highest BCUT2D eigenvalue weighted by Crippen LogP contribution is 2.26. The van der Waals surface area contributed by atoms with Crippen molar-refractivity contribution in [1.82, 2.24) is 16.2 Å². The van der Waals surface area contributed by atoms with Crippen LogP contribution in [0.1, 0.15) is 25.5 Å². The van der Waals surface area contributed by atoms with Crippen LogP contribution in [0.25, 0.3) is 0 Å². The summed E-state index contributed by atoms with van der Waals surface area (Å²) in [5.41, 5.74) is 7.25. The first kappa shape index (κ1) is 13.3. The molecule has 5 heteroatoms. The van der Waals surface area contributed by atoms with Gasteiger partial charge in [0.05, 0.1) is 12.0 Å². The van der Waals surface area contributed by atoms with E-state index in [4.69, 9.17) is 11.6 Å². The van der Waals surface area contributed by atoms with Crippen LogP contribution in [0.5, 0.6) is 0 Å². The van der Waals surface area contributed by atoms with E-state index < -0.39 is 0 Å². The van der Waals surface area contributed by atoms with Crippen molar-refractivity contribution < 1.29 is 4.79 Å². The number of rotatable bonds is 3. The number of hydrogen-bond acceptors (Lipinski definition) is 3. The van der Waals surface area contributed by atoms with Gasteiger partial charge in [0.2, 0.25) is 5.91 Å². The number of hydrogen-bond donors (Lipinski definition) is 3. The van der Waals surface area contributed by atoms with Crippen LogP contribution < -0.4 is 16.2 Å². The standard InChI is InChI=1S/C13H18ClN3O/c1-8(2)16-13(18)11-7-15-17-12(11)9-3-5-10(14)6-4-9/h3-6,8,11-12,15,17H,7H2,1-2H3,(H,16,18). The lowest BCUT2D eigenvalue weighted by molar-refractivity contribution is -0.125. The molecule has 1 saturated heterocycles. The molecule has 2 atom stereocenters. The Balaban J connectivity index is 2.12. The normalized spacial score (nSPS) is 23.3. The molecule has 18 heavy (non-hydrogen) atoms. The molecule has 1 fully saturated rings. The molecule has 4 nitrogen and oxygen atoms in total. The number of benzene rings is 1. The second kappa shape index (κ2) is 5.69. The van der Waals surface area contributed by atoms with Gasteiger partial charge in [0.25, 0.3) is 0 Å². The molecular formula is C13H18ClN3O. The maximum atomic E-state index is 12.1. The van der Waals surface area contributed by atoms with Crippen molar-refractivity contribution in [3.05, 3.63) is 34.9 Å². The molecule has 1 aliphatic rings. The Kier molecular flexibility index (Phi) is 4.22. The van der Waals surface area contributed by atoms with Gasteiger partial charge in [-0.1, -0.05) is 23.7 Å². The summed E-state index contributed by atoms with van der Waals surface area (Å²) in [5.74, 6) is -0.0315. The van der Waals surface area contributed by atoms with Gasteiger partial charge in [-0.3, -0.25) is 10.2 Å². The Morgan fingerprint density at radius 3 is 2.67 bits per heavy atom. The van der Waals surface area contributed by atoms with E-state index >= 15 is 0 Å². The molecule has 0 aliphatic carbocycles. The number of amides is 1. The lowest BCUT2D eigenvalue weighted by atomic mass is 9.94. The first-order valence-corrected chi connectivity index (χ1v) is 6.50. The van der Waals surface area contributed by atoms with Crippen molar-refractivity contribution in [2.24, 2.45) is 5.92 Å². The van der Waals surface area contributed by atoms with Gasteiger partial charge in [0.1, 0.15) is 0 Å². The van der Waals surface area contributed by atoms with Gasteiger partial charge >= 0.3 is 0 Å². The van der Waals surface area contributed by atoms with E-state index in [-0.39, 0.29) is 23.9 Å². The van der Waals surface area contributed by atoms with Crippen LogP contribution in [0.3, 0.4) is 0 Å². The van der Waals surface area contributed by atoms with Crippen LogP contribution in [0.15, 0.2) is 24.3 Å². The highest BCUT2D eigenvalue weighted by Gasteiger charge is 2.33. The van der Waals surface area contributed by atoms with E-state index in [1.165, 1.54) is 0 Å². The van der Waals surface area contributed by atoms with Crippen LogP contribution in [-0.4, -0.2) is 18.5 Å². The SMILES string of the molecule is CC(C)NC(=O)C1CNNC1c1ccc(Cl)cc1. The molecule has 0 spiro atoms. The van der Waals surface area contributed by atoms with Gasteiger partial charge < -0.3 is 5.32 Å². The van der Waals surface area contributed by atoms with E-state index in [0.717, 1.165) is 5.56 Å². The minimum atomic E-state index is -0.103. The molecule has 2 unspecified atom stereocenters. The molecule has 0 radical (unpaired) electrons. The highest BCUT2D eigenvalue weighted by atomic mass is 35.5. The molecular weight excluding hydrogens is 250 g/mol. The monoisotopic (exact) mass is 267 g/mol. The molecule has 1 amide bonds. The largest absolute Gasteiger partial charge is 0.354 e. The lowest BCUT2D eigenvalue weighted by Crippen LogP contribution is -2.38. The topological polar surface area (TPSA) is 53.2 Å². The number of hydrazine groups is 1. The summed E-state index contributed by atoms with van der Waals surface area (Å²) in [6.45, 7) is 4.56. The fraction of sp³-hybridized carbons (Fsp3) is 0.462. The molecule has 1 aromatic carbocycles. The Morgan fingerprint density at radius 1 is 1.39 bits per heavy atom. The predicted molar refractivity (Wildman–Crippen MR) is 72.1 cm³/mol. The van der Waals surface area contributed by atoms with Crippen molar-refractivity contribution in [3.8, 4) is 0 Å². The Bertz CT molecular complexity index is 419. The Hall–Kier alpha value is -1.10. The van der Waals surface area contributed by atoms with Crippen LogP contribution in [0, 0.1) is 5.92 Å². The van der Waals surface area contributed by atoms with Crippen LogP contribution in [0.4, 0.5) is 0 Å². The average molecular weight is 268 g/mol. The molecule has 2 rings (SSSR count). The van der Waals surface area contributed by atoms with E-state index in [1.807, 2.05) is 38.1 Å². The zero-order valence-corrected chi connectivity index (χ0v) is 11.3. The molecule has 0 aromatic heterocycles. The van der Waals surface area contributed by atoms with Crippen LogP contribution in [-0.2, 0) is 4.79 Å². The molecule has 0 saturated carbocycles. The van der Waals surface area contributed by atoms with Gasteiger partial charge in [0.15, 0.2) is 0 Å². The summed E-state index contributed by atoms with van der Waals surface area (Å²) in [7, 11) is 0. The third-order valence-corrected chi connectivity index (χ3v) is 3.23. The highest BCUT2D eigenvalue weighted by molar-refractivity contribution is 6.30. The minimum Gasteiger partial charge on any atom is -0.354 e. The Labute approximate surface area is 112 Å². The zero-order chi connectivity index (χ0) is 13.1. The first-order valence-electron chi connectivity index (χ1n) is 6.12. The minimum absolute atomic E-state index is 0.0129. The second-order valence-electron chi connectivity index (χ2n) is 4.82. The smallest absolute Gasteiger partial charge is 0.226 e. The number of nitrogens with one attached hydrogen (secondary N) is 3. The van der Waals surface area contributed by atoms with E-state index in [1.54, 1.807) is 0 Å². The zero-order valence-electron chi connectivity index (χ0n) is 10.5. The third kappa shape index (κ3) is 3.02. The van der Waals surface area contributed by atoms with Gasteiger partial charge in [0, 0.05) is 17.6 Å². The van der Waals surface area contributed by atoms with Crippen LogP contribution in [0.2, 0.25) is 5.02 Å². The quantitative estimate of drug-likeness (QED) is 0.780. The van der Waals surface area contributed by atoms with E-state index in [2.05, 4.69) is 16.2 Å². The summed E-state index contributed by atoms with van der Waals surface area (Å²) >= 11 is 5.87. The number of halogens is 1. The summed E-state index contributed by atoms with van der Waals surface area (Å²) in [4.78, 5) is 12.1. The number of carbonyl (C=O) groups is 1. The van der Waals surface area contributed by atoms with E-state index in [9.17, 15) is 4.79 Å². The maximum Gasteiger partial charge on any atom is 0.226 e. The van der Waals surface area contributed by atoms with Gasteiger partial charge in [-0.05, 0) is 31.5 Å². The molecule has 3 N–H and O–H groups in total. The third-order valence-electron chi connectivity index (χ3n) is 2.98. The van der Waals surface area contributed by atoms with Crippen molar-refractivity contribution in [3.63, 3.8) is 0 Å². The van der Waals surface area contributed by atoms with Crippen LogP contribution >= 0.6 is 11.6 Å². The Morgan fingerprint density at radius 2 is 2.06 bits per heavy atom. The lowest BCUT2D eigenvalue weighted by Gasteiger charge is -2.19. The summed E-state index contributed by atoms with van der Waals surface area (Å²) in [5, 5.41) is 3.65. The van der Waals surface area contributed by atoms with Crippen molar-refractivity contribution in [2.45, 2.75) is 25.9 Å². The maximum absolute atomic E-state index is 12.1. The van der Waals surface area contributed by atoms with Crippen molar-refractivity contribution >= 4 is 17.5 Å². The second-order valence-corrected chi connectivity index (χ2v) is 5.26. The average Bonchev–Trinajstić information content (AvgIpc) is 2.78. The van der Waals surface area contributed by atoms with Crippen molar-refractivity contribution in [1.29, 1.82) is 0 Å². The first-order chi connectivity index (χ1) is 8.58. The van der Waals surface area contributed by atoms with Gasteiger partial charge in [-0.2, -0.15) is 0 Å². The molecule has 98 valence electrons. The summed E-state index contributed by atoms with van der Waals surface area (Å²) in [6, 6.07) is 7.72. The molecule has 1 aliphatic heterocycles. The summed E-state index contributed by atoms with van der Waals surface area (Å²) in [6.07, 6.45) is 0. The number of carbonyl (C=O) groups excluding carboxylic acids is 1. The molecule has 0 bridgehead atoms. The van der Waals surface area contributed by atoms with Gasteiger partial charge in [-0.25, -0.2) is 5.43 Å². The fourth-order valence-electron chi connectivity index (χ4n) is 2.12. The van der Waals surface area contributed by atoms with E-state index in [0.29, 0.717) is 11.6 Å².